The highest BCUT2D eigenvalue weighted by Crippen LogP contribution is 2.36. The second kappa shape index (κ2) is 6.24. The predicted octanol–water partition coefficient (Wildman–Crippen LogP) is 3.39. The van der Waals surface area contributed by atoms with Crippen LogP contribution in [0.1, 0.15) is 45.1 Å². The summed E-state index contributed by atoms with van der Waals surface area (Å²) in [5, 5.41) is 3.50. The van der Waals surface area contributed by atoms with E-state index in [2.05, 4.69) is 55.3 Å². The van der Waals surface area contributed by atoms with E-state index in [-0.39, 0.29) is 0 Å². The normalized spacial score (nSPS) is 20.6. The van der Waals surface area contributed by atoms with E-state index < -0.39 is 0 Å². The van der Waals surface area contributed by atoms with Crippen LogP contribution in [0.3, 0.4) is 0 Å². The number of hydrogen-bond acceptors (Lipinski definition) is 2. The van der Waals surface area contributed by atoms with Crippen molar-refractivity contribution < 1.29 is 0 Å². The van der Waals surface area contributed by atoms with Crippen molar-refractivity contribution in [3.05, 3.63) is 29.8 Å². The van der Waals surface area contributed by atoms with Crippen LogP contribution in [-0.4, -0.2) is 25.7 Å². The molecule has 1 aliphatic heterocycles. The molecule has 0 saturated heterocycles. The van der Waals surface area contributed by atoms with Crippen molar-refractivity contribution in [3.63, 3.8) is 0 Å². The number of anilines is 1. The topological polar surface area (TPSA) is 15.3 Å². The third-order valence-corrected chi connectivity index (χ3v) is 4.12. The van der Waals surface area contributed by atoms with Gasteiger partial charge < -0.3 is 10.2 Å². The first-order valence-electron chi connectivity index (χ1n) is 7.34. The smallest absolute Gasteiger partial charge is 0.0412 e. The first-order chi connectivity index (χ1) is 8.77. The van der Waals surface area contributed by atoms with Gasteiger partial charge in [0.15, 0.2) is 0 Å². The van der Waals surface area contributed by atoms with Crippen LogP contribution in [0.5, 0.6) is 0 Å². The van der Waals surface area contributed by atoms with Gasteiger partial charge >= 0.3 is 0 Å². The van der Waals surface area contributed by atoms with Gasteiger partial charge in [-0.2, -0.15) is 0 Å². The lowest BCUT2D eigenvalue weighted by Crippen LogP contribution is -2.45. The van der Waals surface area contributed by atoms with Crippen LogP contribution in [0.25, 0.3) is 0 Å². The number of hydrogen-bond donors (Lipinski definition) is 1. The van der Waals surface area contributed by atoms with Gasteiger partial charge in [-0.05, 0) is 36.9 Å². The largest absolute Gasteiger partial charge is 0.367 e. The summed E-state index contributed by atoms with van der Waals surface area (Å²) in [6.07, 6.45) is 2.48. The number of nitrogens with zero attached hydrogens (tertiary/aromatic N) is 1. The Labute approximate surface area is 111 Å². The molecule has 2 atom stereocenters. The Kier molecular flexibility index (Phi) is 4.65. The summed E-state index contributed by atoms with van der Waals surface area (Å²) in [6, 6.07) is 9.55. The number of likely N-dealkylation sites (N-methyl/N-ethyl adjacent to an activating group) is 1. The van der Waals surface area contributed by atoms with E-state index in [0.717, 1.165) is 13.1 Å². The van der Waals surface area contributed by atoms with Gasteiger partial charge in [0.1, 0.15) is 0 Å². The maximum absolute atomic E-state index is 3.50. The number of benzene rings is 1. The first-order valence-corrected chi connectivity index (χ1v) is 7.34. The molecule has 0 amide bonds. The fraction of sp³-hybridized carbons (Fsp3) is 0.625. The van der Waals surface area contributed by atoms with Crippen molar-refractivity contribution in [1.82, 2.24) is 5.32 Å². The van der Waals surface area contributed by atoms with Crippen molar-refractivity contribution in [1.29, 1.82) is 0 Å². The van der Waals surface area contributed by atoms with E-state index >= 15 is 0 Å². The van der Waals surface area contributed by atoms with Crippen molar-refractivity contribution in [3.8, 4) is 0 Å². The fourth-order valence-electron chi connectivity index (χ4n) is 2.94. The molecule has 0 saturated carbocycles. The highest BCUT2D eigenvalue weighted by atomic mass is 15.2. The molecular weight excluding hydrogens is 220 g/mol. The minimum absolute atomic E-state index is 0.624. The second-order valence-electron chi connectivity index (χ2n) is 5.31. The molecule has 0 spiro atoms. The number of rotatable bonds is 5. The SMILES string of the molecule is CCNCC(CC)N1CCC(C)c2ccccc21. The molecule has 1 aliphatic rings. The highest BCUT2D eigenvalue weighted by molar-refractivity contribution is 5.57. The first kappa shape index (κ1) is 13.4. The number of fused-ring (bicyclic) bond motifs is 1. The highest BCUT2D eigenvalue weighted by Gasteiger charge is 2.25. The van der Waals surface area contributed by atoms with Crippen LogP contribution in [0.2, 0.25) is 0 Å². The average Bonchev–Trinajstić information content (AvgIpc) is 2.42. The molecule has 0 aliphatic carbocycles. The van der Waals surface area contributed by atoms with Gasteiger partial charge in [0.05, 0.1) is 0 Å². The zero-order valence-electron chi connectivity index (χ0n) is 11.9. The summed E-state index contributed by atoms with van der Waals surface area (Å²) in [7, 11) is 0. The molecule has 0 fully saturated rings. The minimum atomic E-state index is 0.624. The molecule has 1 aromatic rings. The predicted molar refractivity (Wildman–Crippen MR) is 79.4 cm³/mol. The molecular formula is C16H26N2. The Bertz CT molecular complexity index is 375. The van der Waals surface area contributed by atoms with Gasteiger partial charge in [-0.25, -0.2) is 0 Å². The molecule has 100 valence electrons. The van der Waals surface area contributed by atoms with Crippen molar-refractivity contribution in [2.75, 3.05) is 24.5 Å². The van der Waals surface area contributed by atoms with Gasteiger partial charge in [0.25, 0.3) is 0 Å². The van der Waals surface area contributed by atoms with Crippen molar-refractivity contribution in [2.45, 2.75) is 45.6 Å². The van der Waals surface area contributed by atoms with E-state index in [9.17, 15) is 0 Å². The van der Waals surface area contributed by atoms with Crippen LogP contribution in [0.15, 0.2) is 24.3 Å². The molecule has 2 rings (SSSR count). The summed E-state index contributed by atoms with van der Waals surface area (Å²) >= 11 is 0. The molecule has 1 heterocycles. The van der Waals surface area contributed by atoms with Gasteiger partial charge in [0.2, 0.25) is 0 Å². The Morgan fingerprint density at radius 2 is 2.11 bits per heavy atom. The Balaban J connectivity index is 2.21. The maximum Gasteiger partial charge on any atom is 0.0412 e. The van der Waals surface area contributed by atoms with Gasteiger partial charge in [0, 0.05) is 24.8 Å². The molecule has 2 unspecified atom stereocenters. The minimum Gasteiger partial charge on any atom is -0.367 e. The number of nitrogens with one attached hydrogen (secondary N) is 1. The third kappa shape index (κ3) is 2.69. The fourth-order valence-corrected chi connectivity index (χ4v) is 2.94. The monoisotopic (exact) mass is 246 g/mol. The van der Waals surface area contributed by atoms with Crippen LogP contribution in [-0.2, 0) is 0 Å². The van der Waals surface area contributed by atoms with Gasteiger partial charge in [-0.1, -0.05) is 39.0 Å². The average molecular weight is 246 g/mol. The molecule has 1 aromatic carbocycles. The molecule has 0 bridgehead atoms. The van der Waals surface area contributed by atoms with E-state index in [1.54, 1.807) is 0 Å². The maximum atomic E-state index is 3.50. The van der Waals surface area contributed by atoms with Gasteiger partial charge in [-0.15, -0.1) is 0 Å². The molecule has 18 heavy (non-hydrogen) atoms. The second-order valence-corrected chi connectivity index (χ2v) is 5.31. The molecule has 2 heteroatoms. The van der Waals surface area contributed by atoms with Crippen LogP contribution in [0, 0.1) is 0 Å². The van der Waals surface area contributed by atoms with Crippen LogP contribution in [0.4, 0.5) is 5.69 Å². The van der Waals surface area contributed by atoms with E-state index in [1.807, 2.05) is 0 Å². The standard InChI is InChI=1S/C16H26N2/c1-4-14(12-17-5-2)18-11-10-13(3)15-8-6-7-9-16(15)18/h6-9,13-14,17H,4-5,10-12H2,1-3H3. The van der Waals surface area contributed by atoms with Crippen molar-refractivity contribution in [2.24, 2.45) is 0 Å². The third-order valence-electron chi connectivity index (χ3n) is 4.12. The quantitative estimate of drug-likeness (QED) is 0.856. The van der Waals surface area contributed by atoms with E-state index in [4.69, 9.17) is 0 Å². The zero-order valence-corrected chi connectivity index (χ0v) is 11.9. The summed E-state index contributed by atoms with van der Waals surface area (Å²) in [5.41, 5.74) is 2.99. The lowest BCUT2D eigenvalue weighted by molar-refractivity contribution is 0.493. The Morgan fingerprint density at radius 1 is 1.33 bits per heavy atom. The summed E-state index contributed by atoms with van der Waals surface area (Å²) in [6.45, 7) is 10.2. The van der Waals surface area contributed by atoms with Crippen LogP contribution >= 0.6 is 0 Å². The lowest BCUT2D eigenvalue weighted by atomic mass is 9.90. The molecule has 2 nitrogen and oxygen atoms in total. The Hall–Kier alpha value is -1.02. The van der Waals surface area contributed by atoms with E-state index in [1.165, 1.54) is 30.6 Å². The van der Waals surface area contributed by atoms with Crippen molar-refractivity contribution >= 4 is 5.69 Å². The van der Waals surface area contributed by atoms with Gasteiger partial charge in [-0.3, -0.25) is 0 Å². The number of para-hydroxylation sites is 1. The van der Waals surface area contributed by atoms with E-state index in [0.29, 0.717) is 12.0 Å². The molecule has 0 radical (unpaired) electrons. The summed E-state index contributed by atoms with van der Waals surface area (Å²) in [5.74, 6) is 0.703. The summed E-state index contributed by atoms with van der Waals surface area (Å²) in [4.78, 5) is 2.61. The molecule has 1 N–H and O–H groups in total. The zero-order chi connectivity index (χ0) is 13.0. The van der Waals surface area contributed by atoms with Crippen LogP contribution < -0.4 is 10.2 Å². The Morgan fingerprint density at radius 3 is 2.83 bits per heavy atom. The molecule has 0 aromatic heterocycles. The lowest BCUT2D eigenvalue weighted by Gasteiger charge is -2.40. The summed E-state index contributed by atoms with van der Waals surface area (Å²) < 4.78 is 0.